The van der Waals surface area contributed by atoms with Gasteiger partial charge in [-0.3, -0.25) is 0 Å². The van der Waals surface area contributed by atoms with E-state index in [9.17, 15) is 0 Å². The smallest absolute Gasteiger partial charge is 0.163 e. The SMILES string of the molecule is C1=CCC(c2nc(-c3ccccc3)nc(-c3cc(-n4c5ccc6ccccc6c5c5c6ccccc6ccc54)c4ccccc4c3)n2)C=C1. The first kappa shape index (κ1) is 27.7. The summed E-state index contributed by atoms with van der Waals surface area (Å²) in [6, 6.07) is 49.9. The van der Waals surface area contributed by atoms with Crippen molar-refractivity contribution < 1.29 is 0 Å². The summed E-state index contributed by atoms with van der Waals surface area (Å²) in [6.45, 7) is 0. The van der Waals surface area contributed by atoms with Crippen LogP contribution in [0.1, 0.15) is 18.2 Å². The lowest BCUT2D eigenvalue weighted by Gasteiger charge is -2.16. The summed E-state index contributed by atoms with van der Waals surface area (Å²) < 4.78 is 2.45. The molecule has 0 spiro atoms. The van der Waals surface area contributed by atoms with E-state index in [4.69, 9.17) is 15.0 Å². The fraction of sp³-hybridized carbons (Fsp3) is 0.0444. The first-order chi connectivity index (χ1) is 24.3. The first-order valence-electron chi connectivity index (χ1n) is 16.8. The number of aromatic nitrogens is 4. The molecule has 230 valence electrons. The molecule has 0 aliphatic heterocycles. The monoisotopic (exact) mass is 626 g/mol. The molecule has 2 heterocycles. The van der Waals surface area contributed by atoms with Gasteiger partial charge in [0.15, 0.2) is 11.6 Å². The summed E-state index contributed by atoms with van der Waals surface area (Å²) in [6.07, 6.45) is 9.40. The van der Waals surface area contributed by atoms with Crippen LogP contribution >= 0.6 is 0 Å². The maximum atomic E-state index is 5.17. The molecular formula is C45H30N4. The molecule has 0 saturated carbocycles. The predicted octanol–water partition coefficient (Wildman–Crippen LogP) is 11.4. The second-order valence-corrected chi connectivity index (χ2v) is 12.8. The number of nitrogens with zero attached hydrogens (tertiary/aromatic N) is 4. The van der Waals surface area contributed by atoms with Crippen LogP contribution in [0.4, 0.5) is 0 Å². The number of rotatable bonds is 4. The van der Waals surface area contributed by atoms with Crippen LogP contribution in [0.3, 0.4) is 0 Å². The first-order valence-corrected chi connectivity index (χ1v) is 16.8. The summed E-state index contributed by atoms with van der Waals surface area (Å²) >= 11 is 0. The Hall–Kier alpha value is -6.39. The Morgan fingerprint density at radius 3 is 1.73 bits per heavy atom. The molecule has 0 amide bonds. The lowest BCUT2D eigenvalue weighted by molar-refractivity contribution is 0.764. The molecule has 1 unspecified atom stereocenters. The average Bonchev–Trinajstić information content (AvgIpc) is 3.53. The van der Waals surface area contributed by atoms with Crippen molar-refractivity contribution in [1.82, 2.24) is 19.5 Å². The highest BCUT2D eigenvalue weighted by Gasteiger charge is 2.21. The van der Waals surface area contributed by atoms with E-state index in [1.165, 1.54) is 48.7 Å². The molecule has 0 saturated heterocycles. The number of hydrogen-bond acceptors (Lipinski definition) is 3. The van der Waals surface area contributed by atoms with Crippen molar-refractivity contribution in [1.29, 1.82) is 0 Å². The van der Waals surface area contributed by atoms with E-state index >= 15 is 0 Å². The Morgan fingerprint density at radius 1 is 0.490 bits per heavy atom. The summed E-state index contributed by atoms with van der Waals surface area (Å²) in [4.78, 5) is 15.3. The predicted molar refractivity (Wildman–Crippen MR) is 203 cm³/mol. The molecule has 0 N–H and O–H groups in total. The highest BCUT2D eigenvalue weighted by atomic mass is 15.0. The minimum Gasteiger partial charge on any atom is -0.309 e. The number of benzene rings is 7. The van der Waals surface area contributed by atoms with Crippen molar-refractivity contribution in [2.45, 2.75) is 12.3 Å². The highest BCUT2D eigenvalue weighted by molar-refractivity contribution is 6.28. The molecule has 4 heteroatoms. The van der Waals surface area contributed by atoms with Gasteiger partial charge in [-0.2, -0.15) is 0 Å². The molecule has 4 nitrogen and oxygen atoms in total. The van der Waals surface area contributed by atoms with Crippen LogP contribution in [-0.2, 0) is 0 Å². The minimum absolute atomic E-state index is 0.0908. The van der Waals surface area contributed by atoms with E-state index in [-0.39, 0.29) is 5.92 Å². The Labute approximate surface area is 283 Å². The zero-order valence-electron chi connectivity index (χ0n) is 26.7. The van der Waals surface area contributed by atoms with Gasteiger partial charge >= 0.3 is 0 Å². The van der Waals surface area contributed by atoms with E-state index in [1.54, 1.807) is 0 Å². The largest absolute Gasteiger partial charge is 0.309 e. The van der Waals surface area contributed by atoms with Gasteiger partial charge in [-0.05, 0) is 57.6 Å². The van der Waals surface area contributed by atoms with Gasteiger partial charge in [0.25, 0.3) is 0 Å². The molecule has 10 rings (SSSR count). The lowest BCUT2D eigenvalue weighted by Crippen LogP contribution is -2.08. The van der Waals surface area contributed by atoms with Crippen LogP contribution in [0.25, 0.3) is 82.6 Å². The van der Waals surface area contributed by atoms with E-state index in [1.807, 2.05) is 18.2 Å². The Kier molecular flexibility index (Phi) is 6.28. The van der Waals surface area contributed by atoms with Crippen molar-refractivity contribution in [2.75, 3.05) is 0 Å². The van der Waals surface area contributed by atoms with E-state index in [0.717, 1.165) is 34.4 Å². The van der Waals surface area contributed by atoms with Crippen LogP contribution in [-0.4, -0.2) is 19.5 Å². The second kappa shape index (κ2) is 11.1. The molecule has 7 aromatic carbocycles. The third-order valence-electron chi connectivity index (χ3n) is 9.88. The number of allylic oxidation sites excluding steroid dienone is 4. The summed E-state index contributed by atoms with van der Waals surface area (Å²) in [5.74, 6) is 2.24. The van der Waals surface area contributed by atoms with Gasteiger partial charge in [-0.25, -0.2) is 15.0 Å². The molecule has 2 aromatic heterocycles. The fourth-order valence-electron chi connectivity index (χ4n) is 7.59. The molecule has 1 atom stereocenters. The van der Waals surface area contributed by atoms with Gasteiger partial charge in [-0.15, -0.1) is 0 Å². The van der Waals surface area contributed by atoms with Gasteiger partial charge in [0, 0.05) is 33.2 Å². The topological polar surface area (TPSA) is 43.6 Å². The molecule has 9 aromatic rings. The summed E-state index contributed by atoms with van der Waals surface area (Å²) in [5, 5.41) is 9.82. The third kappa shape index (κ3) is 4.49. The van der Waals surface area contributed by atoms with Gasteiger partial charge in [0.05, 0.1) is 16.7 Å². The van der Waals surface area contributed by atoms with Crippen LogP contribution in [0, 0.1) is 0 Å². The molecule has 0 radical (unpaired) electrons. The standard InChI is InChI=1S/C45H30N4/c1-3-15-31(16-4-1)43-46-44(32-17-5-2-6-18-32)48-45(47-43)34-27-33-19-9-10-20-35(33)40(28-34)49-38-25-23-29-13-7-11-21-36(29)41(38)42-37-22-12-8-14-30(37)24-26-39(42)49/h1-17,19-28,32H,18H2. The van der Waals surface area contributed by atoms with Crippen molar-refractivity contribution in [3.05, 3.63) is 170 Å². The van der Waals surface area contributed by atoms with Crippen molar-refractivity contribution in [3.63, 3.8) is 0 Å². The molecule has 49 heavy (non-hydrogen) atoms. The fourth-order valence-corrected chi connectivity index (χ4v) is 7.59. The molecule has 0 fully saturated rings. The maximum Gasteiger partial charge on any atom is 0.163 e. The molecular weight excluding hydrogens is 597 g/mol. The minimum atomic E-state index is 0.0908. The maximum absolute atomic E-state index is 5.17. The van der Waals surface area contributed by atoms with Crippen molar-refractivity contribution >= 4 is 54.1 Å². The van der Waals surface area contributed by atoms with Gasteiger partial charge in [0.1, 0.15) is 5.82 Å². The van der Waals surface area contributed by atoms with Crippen molar-refractivity contribution in [2.24, 2.45) is 0 Å². The quantitative estimate of drug-likeness (QED) is 0.195. The van der Waals surface area contributed by atoms with Gasteiger partial charge < -0.3 is 4.57 Å². The summed E-state index contributed by atoms with van der Waals surface area (Å²) in [7, 11) is 0. The van der Waals surface area contributed by atoms with E-state index in [0.29, 0.717) is 11.6 Å². The van der Waals surface area contributed by atoms with Crippen LogP contribution in [0.15, 0.2) is 164 Å². The lowest BCUT2D eigenvalue weighted by atomic mass is 9.99. The zero-order valence-corrected chi connectivity index (χ0v) is 26.7. The third-order valence-corrected chi connectivity index (χ3v) is 9.88. The van der Waals surface area contributed by atoms with Crippen molar-refractivity contribution in [3.8, 4) is 28.5 Å². The molecule has 1 aliphatic rings. The summed E-state index contributed by atoms with van der Waals surface area (Å²) in [5.41, 5.74) is 5.38. The van der Waals surface area contributed by atoms with E-state index < -0.39 is 0 Å². The number of hydrogen-bond donors (Lipinski definition) is 0. The van der Waals surface area contributed by atoms with Crippen LogP contribution in [0.5, 0.6) is 0 Å². The van der Waals surface area contributed by atoms with Crippen LogP contribution in [0.2, 0.25) is 0 Å². The zero-order chi connectivity index (χ0) is 32.3. The molecule has 1 aliphatic carbocycles. The normalized spacial score (nSPS) is 14.5. The van der Waals surface area contributed by atoms with Gasteiger partial charge in [0.2, 0.25) is 0 Å². The van der Waals surface area contributed by atoms with E-state index in [2.05, 4.69) is 150 Å². The second-order valence-electron chi connectivity index (χ2n) is 12.8. The Bertz CT molecular complexity index is 2710. The van der Waals surface area contributed by atoms with Gasteiger partial charge in [-0.1, -0.05) is 140 Å². The van der Waals surface area contributed by atoms with Crippen LogP contribution < -0.4 is 0 Å². The Morgan fingerprint density at radius 2 is 1.08 bits per heavy atom. The highest BCUT2D eigenvalue weighted by Crippen LogP contribution is 2.42. The Balaban J connectivity index is 1.30. The molecule has 0 bridgehead atoms. The number of fused-ring (bicyclic) bond motifs is 8. The average molecular weight is 627 g/mol.